The molecular weight excluding hydrogens is 508 g/mol. The van der Waals surface area contributed by atoms with Gasteiger partial charge in [0.05, 0.1) is 36.3 Å². The van der Waals surface area contributed by atoms with Gasteiger partial charge in [-0.1, -0.05) is 30.7 Å². The van der Waals surface area contributed by atoms with Crippen molar-refractivity contribution >= 4 is 23.9 Å². The number of hydrogen-bond donors (Lipinski definition) is 0. The predicted octanol–water partition coefficient (Wildman–Crippen LogP) is 2.66. The van der Waals surface area contributed by atoms with E-state index >= 15 is 0 Å². The zero-order valence-electron chi connectivity index (χ0n) is 22.6. The molecule has 0 radical (unpaired) electrons. The average molecular weight is 543 g/mol. The van der Waals surface area contributed by atoms with Crippen molar-refractivity contribution in [3.05, 3.63) is 47.6 Å². The molecule has 10 heteroatoms. The fraction of sp³-hybridized carbons (Fsp3) is 0.586. The molecule has 0 amide bonds. The predicted molar refractivity (Wildman–Crippen MR) is 135 cm³/mol. The van der Waals surface area contributed by atoms with Gasteiger partial charge in [-0.3, -0.25) is 4.79 Å². The summed E-state index contributed by atoms with van der Waals surface area (Å²) in [5.41, 5.74) is -0.971. The van der Waals surface area contributed by atoms with Gasteiger partial charge in [-0.25, -0.2) is 14.4 Å². The summed E-state index contributed by atoms with van der Waals surface area (Å²) in [4.78, 5) is 49.8. The lowest BCUT2D eigenvalue weighted by atomic mass is 9.51. The van der Waals surface area contributed by atoms with Crippen molar-refractivity contribution in [1.29, 1.82) is 0 Å². The van der Waals surface area contributed by atoms with Crippen LogP contribution < -0.4 is 0 Å². The number of carbonyl (C=O) groups excluding carboxylic acids is 4. The molecule has 3 fully saturated rings. The molecule has 0 aromatic rings. The first-order chi connectivity index (χ1) is 18.5. The molecule has 3 aliphatic heterocycles. The van der Waals surface area contributed by atoms with E-state index in [1.54, 1.807) is 6.92 Å². The Hall–Kier alpha value is -3.24. The molecule has 2 aliphatic carbocycles. The van der Waals surface area contributed by atoms with Crippen molar-refractivity contribution in [2.24, 2.45) is 10.8 Å². The maximum atomic E-state index is 13.0. The Morgan fingerprint density at radius 3 is 2.41 bits per heavy atom. The molecule has 0 unspecified atom stereocenters. The quantitative estimate of drug-likeness (QED) is 0.211. The zero-order valence-corrected chi connectivity index (χ0v) is 22.6. The Bertz CT molecular complexity index is 1190. The van der Waals surface area contributed by atoms with Crippen molar-refractivity contribution < 1.29 is 47.6 Å². The summed E-state index contributed by atoms with van der Waals surface area (Å²) in [7, 11) is 0. The molecule has 210 valence electrons. The number of carbonyl (C=O) groups is 4. The maximum Gasteiger partial charge on any atom is 0.331 e. The fourth-order valence-corrected chi connectivity index (χ4v) is 6.78. The molecule has 0 aromatic carbocycles. The van der Waals surface area contributed by atoms with E-state index in [0.29, 0.717) is 31.4 Å². The highest BCUT2D eigenvalue weighted by Crippen LogP contribution is 2.72. The average Bonchev–Trinajstić information content (AvgIpc) is 3.64. The first-order valence-electron chi connectivity index (χ1n) is 13.2. The van der Waals surface area contributed by atoms with E-state index in [2.05, 4.69) is 0 Å². The van der Waals surface area contributed by atoms with Crippen LogP contribution in [0.5, 0.6) is 0 Å². The summed E-state index contributed by atoms with van der Waals surface area (Å²) in [6.45, 7) is 7.41. The summed E-state index contributed by atoms with van der Waals surface area (Å²) in [6, 6.07) is 0. The van der Waals surface area contributed by atoms with E-state index in [-0.39, 0.29) is 19.3 Å². The minimum absolute atomic E-state index is 0.0717. The van der Waals surface area contributed by atoms with Crippen LogP contribution in [0.15, 0.2) is 47.6 Å². The number of epoxide rings is 1. The van der Waals surface area contributed by atoms with Gasteiger partial charge in [-0.05, 0) is 19.4 Å². The zero-order chi connectivity index (χ0) is 28.0. The minimum Gasteiger partial charge on any atom is -0.462 e. The van der Waals surface area contributed by atoms with Crippen LogP contribution in [0, 0.1) is 10.8 Å². The first-order valence-corrected chi connectivity index (χ1v) is 13.2. The minimum atomic E-state index is -0.928. The molecule has 7 atom stereocenters. The van der Waals surface area contributed by atoms with Gasteiger partial charge in [0.2, 0.25) is 0 Å². The highest BCUT2D eigenvalue weighted by molar-refractivity contribution is 5.85. The van der Waals surface area contributed by atoms with Gasteiger partial charge >= 0.3 is 23.9 Å². The number of ether oxygens (including phenoxy) is 6. The Labute approximate surface area is 226 Å². The normalized spacial score (nSPS) is 43.2. The van der Waals surface area contributed by atoms with Gasteiger partial charge < -0.3 is 28.4 Å². The van der Waals surface area contributed by atoms with E-state index in [0.717, 1.165) is 5.57 Å². The molecule has 5 rings (SSSR count). The van der Waals surface area contributed by atoms with Crippen molar-refractivity contribution in [3.8, 4) is 0 Å². The Balaban J connectivity index is 1.57. The maximum absolute atomic E-state index is 13.0. The van der Waals surface area contributed by atoms with Crippen molar-refractivity contribution in [2.45, 2.75) is 77.0 Å². The largest absolute Gasteiger partial charge is 0.462 e. The molecular formula is C29H34O10. The third-order valence-electron chi connectivity index (χ3n) is 9.01. The van der Waals surface area contributed by atoms with Crippen LogP contribution >= 0.6 is 0 Å². The van der Waals surface area contributed by atoms with Gasteiger partial charge in [0.1, 0.15) is 24.4 Å². The molecule has 3 heterocycles. The highest BCUT2D eigenvalue weighted by atomic mass is 16.6. The second kappa shape index (κ2) is 10.1. The molecule has 5 aliphatic rings. The fourth-order valence-electron chi connectivity index (χ4n) is 6.78. The summed E-state index contributed by atoms with van der Waals surface area (Å²) in [5.74, 6) is -2.15. The van der Waals surface area contributed by atoms with Crippen LogP contribution in [0.1, 0.15) is 47.0 Å². The van der Waals surface area contributed by atoms with Crippen LogP contribution in [-0.2, 0) is 47.6 Å². The molecule has 2 saturated heterocycles. The van der Waals surface area contributed by atoms with E-state index in [9.17, 15) is 19.2 Å². The monoisotopic (exact) mass is 542 g/mol. The van der Waals surface area contributed by atoms with Gasteiger partial charge in [-0.2, -0.15) is 0 Å². The Morgan fingerprint density at radius 2 is 1.72 bits per heavy atom. The highest BCUT2D eigenvalue weighted by Gasteiger charge is 2.83. The number of esters is 4. The van der Waals surface area contributed by atoms with Gasteiger partial charge in [-0.15, -0.1) is 0 Å². The molecule has 0 N–H and O–H groups in total. The van der Waals surface area contributed by atoms with E-state index < -0.39 is 58.6 Å². The van der Waals surface area contributed by atoms with Crippen molar-refractivity contribution in [3.63, 3.8) is 0 Å². The third kappa shape index (κ3) is 4.63. The van der Waals surface area contributed by atoms with E-state index in [1.165, 1.54) is 37.3 Å². The second-order valence-corrected chi connectivity index (χ2v) is 11.2. The SMILES string of the molecule is CC(=O)O[C@@H]1C[C@@]23COC(=O)/C=C(\C)CCOC(=O)/C=C/C=C/C(=O)O[C@@H]4C[C@@H](O[C@@H]2C=C1C)[C@]1(CO1)[C@]43C. The number of rotatable bonds is 1. The summed E-state index contributed by atoms with van der Waals surface area (Å²) in [6.07, 6.45) is 7.59. The molecule has 2 spiro atoms. The Kier molecular flexibility index (Phi) is 7.05. The Morgan fingerprint density at radius 1 is 1.00 bits per heavy atom. The molecule has 1 saturated carbocycles. The summed E-state index contributed by atoms with van der Waals surface area (Å²) >= 11 is 0. The van der Waals surface area contributed by atoms with Crippen LogP contribution in [0.4, 0.5) is 0 Å². The second-order valence-electron chi connectivity index (χ2n) is 11.2. The van der Waals surface area contributed by atoms with Gasteiger partial charge in [0.15, 0.2) is 0 Å². The number of allylic oxidation sites excluding steroid dienone is 2. The van der Waals surface area contributed by atoms with Crippen LogP contribution in [0.2, 0.25) is 0 Å². The first kappa shape index (κ1) is 27.3. The van der Waals surface area contributed by atoms with Crippen molar-refractivity contribution in [2.75, 3.05) is 19.8 Å². The van der Waals surface area contributed by atoms with Gasteiger partial charge in [0.25, 0.3) is 0 Å². The number of hydrogen-bond acceptors (Lipinski definition) is 10. The standard InChI is InChI=1S/C29H34O10/c1-17-9-10-34-24(31)7-5-6-8-25(32)39-21-13-23-29(16-36-29)27(21,4)28(15-35-26(33)11-17)14-20(37-19(3)30)18(2)12-22(28)38-23/h5-8,11-12,20-23H,9-10,13-16H2,1-4H3/b7-5+,8-6+,17-11+/t20-,21-,22-,23-,27-,28-,29-/m1/s1. The molecule has 10 nitrogen and oxygen atoms in total. The number of cyclic esters (lactones) is 2. The smallest absolute Gasteiger partial charge is 0.331 e. The lowest BCUT2D eigenvalue weighted by molar-refractivity contribution is -0.239. The summed E-state index contributed by atoms with van der Waals surface area (Å²) < 4.78 is 35.4. The summed E-state index contributed by atoms with van der Waals surface area (Å²) in [5, 5.41) is 0. The van der Waals surface area contributed by atoms with Crippen LogP contribution in [0.25, 0.3) is 0 Å². The lowest BCUT2D eigenvalue weighted by Crippen LogP contribution is -2.68. The van der Waals surface area contributed by atoms with E-state index in [1.807, 2.05) is 19.9 Å². The molecule has 39 heavy (non-hydrogen) atoms. The lowest BCUT2D eigenvalue weighted by Gasteiger charge is -2.59. The van der Waals surface area contributed by atoms with Gasteiger partial charge in [0, 0.05) is 44.4 Å². The topological polar surface area (TPSA) is 127 Å². The van der Waals surface area contributed by atoms with Crippen LogP contribution in [0.3, 0.4) is 0 Å². The van der Waals surface area contributed by atoms with E-state index in [4.69, 9.17) is 28.4 Å². The van der Waals surface area contributed by atoms with Crippen molar-refractivity contribution in [1.82, 2.24) is 0 Å². The third-order valence-corrected chi connectivity index (χ3v) is 9.01. The molecule has 0 aromatic heterocycles. The van der Waals surface area contributed by atoms with Crippen LogP contribution in [-0.4, -0.2) is 73.7 Å². The molecule has 2 bridgehead atoms.